The molecule has 0 saturated carbocycles. The number of hydrogen-bond donors (Lipinski definition) is 0. The largest absolute Gasteiger partial charge is 0.0651 e. The molecule has 0 fully saturated rings. The second-order valence-electron chi connectivity index (χ2n) is 4.68. The van der Waals surface area contributed by atoms with Crippen molar-refractivity contribution in [2.45, 2.75) is 26.2 Å². The second kappa shape index (κ2) is 5.67. The van der Waals surface area contributed by atoms with Gasteiger partial charge in [-0.2, -0.15) is 0 Å². The van der Waals surface area contributed by atoms with E-state index in [9.17, 15) is 0 Å². The van der Waals surface area contributed by atoms with E-state index >= 15 is 0 Å². The molecule has 0 amide bonds. The summed E-state index contributed by atoms with van der Waals surface area (Å²) < 4.78 is 0. The van der Waals surface area contributed by atoms with Crippen molar-refractivity contribution in [3.05, 3.63) is 71.8 Å². The summed E-state index contributed by atoms with van der Waals surface area (Å²) in [4.78, 5) is 0. The molecule has 17 heavy (non-hydrogen) atoms. The van der Waals surface area contributed by atoms with Crippen molar-refractivity contribution < 1.29 is 0 Å². The SMILES string of the molecule is CCC(C)C(c1ccccc1)c1ccccc1. The fourth-order valence-corrected chi connectivity index (χ4v) is 2.41. The normalized spacial score (nSPS) is 12.6. The molecule has 0 heteroatoms. The highest BCUT2D eigenvalue weighted by Gasteiger charge is 2.19. The minimum absolute atomic E-state index is 0.516. The van der Waals surface area contributed by atoms with Crippen molar-refractivity contribution in [2.24, 2.45) is 5.92 Å². The van der Waals surface area contributed by atoms with Crippen LogP contribution >= 0.6 is 0 Å². The molecule has 0 N–H and O–H groups in total. The van der Waals surface area contributed by atoms with Gasteiger partial charge < -0.3 is 0 Å². The van der Waals surface area contributed by atoms with Gasteiger partial charge in [0, 0.05) is 5.92 Å². The predicted octanol–water partition coefficient (Wildman–Crippen LogP) is 4.86. The minimum Gasteiger partial charge on any atom is -0.0651 e. The quantitative estimate of drug-likeness (QED) is 0.695. The molecule has 0 bridgehead atoms. The molecule has 0 aliphatic rings. The summed E-state index contributed by atoms with van der Waals surface area (Å²) in [6.45, 7) is 4.61. The predicted molar refractivity (Wildman–Crippen MR) is 74.2 cm³/mol. The Morgan fingerprint density at radius 1 is 0.765 bits per heavy atom. The van der Waals surface area contributed by atoms with Crippen LogP contribution in [-0.4, -0.2) is 0 Å². The Morgan fingerprint density at radius 2 is 1.18 bits per heavy atom. The molecule has 0 aliphatic heterocycles. The van der Waals surface area contributed by atoms with Gasteiger partial charge in [-0.3, -0.25) is 0 Å². The highest BCUT2D eigenvalue weighted by Crippen LogP contribution is 2.33. The van der Waals surface area contributed by atoms with Crippen LogP contribution in [0.1, 0.15) is 37.3 Å². The second-order valence-corrected chi connectivity index (χ2v) is 4.68. The highest BCUT2D eigenvalue weighted by molar-refractivity contribution is 5.32. The van der Waals surface area contributed by atoms with Gasteiger partial charge in [-0.15, -0.1) is 0 Å². The molecule has 1 unspecified atom stereocenters. The highest BCUT2D eigenvalue weighted by atomic mass is 14.2. The van der Waals surface area contributed by atoms with Crippen molar-refractivity contribution in [2.75, 3.05) is 0 Å². The third-order valence-electron chi connectivity index (χ3n) is 3.53. The summed E-state index contributed by atoms with van der Waals surface area (Å²) in [6, 6.07) is 21.7. The Labute approximate surface area is 104 Å². The van der Waals surface area contributed by atoms with Gasteiger partial charge in [0.15, 0.2) is 0 Å². The van der Waals surface area contributed by atoms with Gasteiger partial charge in [0.25, 0.3) is 0 Å². The van der Waals surface area contributed by atoms with E-state index in [2.05, 4.69) is 74.5 Å². The lowest BCUT2D eigenvalue weighted by atomic mass is 9.80. The fraction of sp³-hybridized carbons (Fsp3) is 0.294. The summed E-state index contributed by atoms with van der Waals surface area (Å²) in [5.41, 5.74) is 2.85. The van der Waals surface area contributed by atoms with Crippen LogP contribution < -0.4 is 0 Å². The summed E-state index contributed by atoms with van der Waals surface area (Å²) in [5, 5.41) is 0. The molecule has 0 aromatic heterocycles. The van der Waals surface area contributed by atoms with Crippen LogP contribution in [0.4, 0.5) is 0 Å². The van der Waals surface area contributed by atoms with Crippen LogP contribution in [0.15, 0.2) is 60.7 Å². The maximum atomic E-state index is 2.34. The number of benzene rings is 2. The first-order valence-corrected chi connectivity index (χ1v) is 6.42. The van der Waals surface area contributed by atoms with Crippen molar-refractivity contribution in [1.29, 1.82) is 0 Å². The van der Waals surface area contributed by atoms with Gasteiger partial charge >= 0.3 is 0 Å². The zero-order valence-electron chi connectivity index (χ0n) is 10.6. The maximum Gasteiger partial charge on any atom is 0.0115 e. The zero-order valence-corrected chi connectivity index (χ0v) is 10.6. The molecule has 0 aliphatic carbocycles. The van der Waals surface area contributed by atoms with Crippen molar-refractivity contribution >= 4 is 0 Å². The molecule has 0 heterocycles. The topological polar surface area (TPSA) is 0 Å². The summed E-state index contributed by atoms with van der Waals surface area (Å²) >= 11 is 0. The first-order valence-electron chi connectivity index (χ1n) is 6.42. The first-order chi connectivity index (χ1) is 8.33. The van der Waals surface area contributed by atoms with Crippen LogP contribution in [0.2, 0.25) is 0 Å². The van der Waals surface area contributed by atoms with E-state index in [-0.39, 0.29) is 0 Å². The van der Waals surface area contributed by atoms with E-state index in [1.807, 2.05) is 0 Å². The minimum atomic E-state index is 0.516. The summed E-state index contributed by atoms with van der Waals surface area (Å²) in [7, 11) is 0. The van der Waals surface area contributed by atoms with Crippen LogP contribution in [0.3, 0.4) is 0 Å². The van der Waals surface area contributed by atoms with Gasteiger partial charge in [0.05, 0.1) is 0 Å². The lowest BCUT2D eigenvalue weighted by molar-refractivity contribution is 0.496. The molecule has 0 spiro atoms. The molecule has 0 nitrogen and oxygen atoms in total. The molecule has 2 aromatic carbocycles. The standard InChI is InChI=1S/C17H20/c1-3-14(2)17(15-10-6-4-7-11-15)16-12-8-5-9-13-16/h4-14,17H,3H2,1-2H3. The van der Waals surface area contributed by atoms with Crippen molar-refractivity contribution in [3.8, 4) is 0 Å². The molecule has 88 valence electrons. The molecule has 2 rings (SSSR count). The molecule has 0 radical (unpaired) electrons. The monoisotopic (exact) mass is 224 g/mol. The van der Waals surface area contributed by atoms with Gasteiger partial charge in [0.2, 0.25) is 0 Å². The zero-order chi connectivity index (χ0) is 12.1. The lowest BCUT2D eigenvalue weighted by Gasteiger charge is -2.24. The molecule has 2 aromatic rings. The van der Waals surface area contributed by atoms with E-state index in [1.54, 1.807) is 0 Å². The fourth-order valence-electron chi connectivity index (χ4n) is 2.41. The van der Waals surface area contributed by atoms with E-state index in [0.29, 0.717) is 11.8 Å². The Hall–Kier alpha value is -1.56. The summed E-state index contributed by atoms with van der Waals surface area (Å²) in [6.07, 6.45) is 1.20. The smallest absolute Gasteiger partial charge is 0.0115 e. The van der Waals surface area contributed by atoms with Crippen LogP contribution in [0.5, 0.6) is 0 Å². The molecule has 0 saturated heterocycles. The van der Waals surface area contributed by atoms with Crippen LogP contribution in [0, 0.1) is 5.92 Å². The lowest BCUT2D eigenvalue weighted by Crippen LogP contribution is -2.10. The summed E-state index contributed by atoms with van der Waals surface area (Å²) in [5.74, 6) is 1.18. The van der Waals surface area contributed by atoms with E-state index in [0.717, 1.165) is 0 Å². The maximum absolute atomic E-state index is 2.34. The Balaban J connectivity index is 2.39. The number of hydrogen-bond acceptors (Lipinski definition) is 0. The van der Waals surface area contributed by atoms with E-state index in [4.69, 9.17) is 0 Å². The van der Waals surface area contributed by atoms with Crippen LogP contribution in [-0.2, 0) is 0 Å². The van der Waals surface area contributed by atoms with Gasteiger partial charge in [-0.05, 0) is 17.0 Å². The Morgan fingerprint density at radius 3 is 1.53 bits per heavy atom. The Bertz CT molecular complexity index is 391. The number of rotatable bonds is 4. The van der Waals surface area contributed by atoms with Gasteiger partial charge in [-0.25, -0.2) is 0 Å². The molecular weight excluding hydrogens is 204 g/mol. The molecule has 1 atom stereocenters. The van der Waals surface area contributed by atoms with E-state index in [1.165, 1.54) is 17.5 Å². The first kappa shape index (κ1) is 11.9. The average molecular weight is 224 g/mol. The van der Waals surface area contributed by atoms with E-state index < -0.39 is 0 Å². The molecular formula is C17H20. The van der Waals surface area contributed by atoms with Crippen molar-refractivity contribution in [3.63, 3.8) is 0 Å². The average Bonchev–Trinajstić information content (AvgIpc) is 2.41. The van der Waals surface area contributed by atoms with Gasteiger partial charge in [0.1, 0.15) is 0 Å². The Kier molecular flexibility index (Phi) is 3.98. The van der Waals surface area contributed by atoms with Crippen molar-refractivity contribution in [1.82, 2.24) is 0 Å². The third-order valence-corrected chi connectivity index (χ3v) is 3.53. The third kappa shape index (κ3) is 2.76. The van der Waals surface area contributed by atoms with Crippen LogP contribution in [0.25, 0.3) is 0 Å². The van der Waals surface area contributed by atoms with Gasteiger partial charge in [-0.1, -0.05) is 80.9 Å².